The van der Waals surface area contributed by atoms with Crippen LogP contribution in [0, 0.1) is 13.8 Å². The first-order chi connectivity index (χ1) is 11.8. The second-order valence-corrected chi connectivity index (χ2v) is 6.86. The first-order valence-corrected chi connectivity index (χ1v) is 8.57. The van der Waals surface area contributed by atoms with E-state index in [-0.39, 0.29) is 24.8 Å². The number of rotatable bonds is 5. The molecule has 0 heterocycles. The average molecular weight is 379 g/mol. The molecule has 0 radical (unpaired) electrons. The number of hydrogen-bond acceptors (Lipinski definition) is 2. The number of carbonyl (C=O) groups is 2. The molecule has 25 heavy (non-hydrogen) atoms. The van der Waals surface area contributed by atoms with Gasteiger partial charge in [0.1, 0.15) is 0 Å². The fourth-order valence-electron chi connectivity index (χ4n) is 2.32. The van der Waals surface area contributed by atoms with Crippen molar-refractivity contribution in [3.8, 4) is 0 Å². The van der Waals surface area contributed by atoms with Crippen LogP contribution >= 0.6 is 23.2 Å². The Kier molecular flexibility index (Phi) is 6.45. The lowest BCUT2D eigenvalue weighted by atomic mass is 10.1. The lowest BCUT2D eigenvalue weighted by Gasteiger charge is -2.18. The summed E-state index contributed by atoms with van der Waals surface area (Å²) >= 11 is 11.8. The zero-order valence-electron chi connectivity index (χ0n) is 14.4. The molecule has 0 spiro atoms. The van der Waals surface area contributed by atoms with E-state index in [1.54, 1.807) is 25.2 Å². The van der Waals surface area contributed by atoms with E-state index in [2.05, 4.69) is 5.32 Å². The van der Waals surface area contributed by atoms with Crippen LogP contribution in [0.1, 0.15) is 16.7 Å². The van der Waals surface area contributed by atoms with Gasteiger partial charge in [0, 0.05) is 12.7 Å². The fraction of sp³-hybridized carbons (Fsp3) is 0.263. The summed E-state index contributed by atoms with van der Waals surface area (Å²) in [5.41, 5.74) is 3.55. The molecule has 0 atom stereocenters. The van der Waals surface area contributed by atoms with Crippen molar-refractivity contribution in [3.05, 3.63) is 63.1 Å². The number of amides is 2. The minimum absolute atomic E-state index is 0.0203. The van der Waals surface area contributed by atoms with Crippen LogP contribution in [-0.4, -0.2) is 30.3 Å². The molecule has 4 nitrogen and oxygen atoms in total. The van der Waals surface area contributed by atoms with Crippen molar-refractivity contribution in [1.29, 1.82) is 0 Å². The highest BCUT2D eigenvalue weighted by Gasteiger charge is 2.15. The number of likely N-dealkylation sites (N-methyl/N-ethyl adjacent to an activating group) is 1. The Morgan fingerprint density at radius 3 is 2.44 bits per heavy atom. The first-order valence-electron chi connectivity index (χ1n) is 7.81. The summed E-state index contributed by atoms with van der Waals surface area (Å²) in [5.74, 6) is -0.409. The molecule has 2 aromatic carbocycles. The number of halogens is 2. The highest BCUT2D eigenvalue weighted by atomic mass is 35.5. The second kappa shape index (κ2) is 8.37. The van der Waals surface area contributed by atoms with Crippen LogP contribution < -0.4 is 5.32 Å². The van der Waals surface area contributed by atoms with E-state index in [1.165, 1.54) is 4.90 Å². The minimum Gasteiger partial charge on any atom is -0.336 e. The third-order valence-corrected chi connectivity index (χ3v) is 4.55. The Labute approximate surface area is 157 Å². The molecule has 0 aliphatic carbocycles. The van der Waals surface area contributed by atoms with E-state index in [0.29, 0.717) is 10.0 Å². The van der Waals surface area contributed by atoms with Gasteiger partial charge in [-0.05, 0) is 48.7 Å². The zero-order valence-corrected chi connectivity index (χ0v) is 15.9. The summed E-state index contributed by atoms with van der Waals surface area (Å²) < 4.78 is 0. The molecular formula is C19H20Cl2N2O2. The lowest BCUT2D eigenvalue weighted by Crippen LogP contribution is -2.35. The van der Waals surface area contributed by atoms with Crippen molar-refractivity contribution in [1.82, 2.24) is 4.90 Å². The number of anilines is 1. The highest BCUT2D eigenvalue weighted by Crippen LogP contribution is 2.23. The van der Waals surface area contributed by atoms with Gasteiger partial charge in [-0.15, -0.1) is 0 Å². The number of hydrogen-bond donors (Lipinski definition) is 1. The Balaban J connectivity index is 1.94. The summed E-state index contributed by atoms with van der Waals surface area (Å²) in [7, 11) is 1.60. The molecule has 0 unspecified atom stereocenters. The van der Waals surface area contributed by atoms with E-state index in [9.17, 15) is 9.59 Å². The second-order valence-electron chi connectivity index (χ2n) is 6.04. The van der Waals surface area contributed by atoms with E-state index in [1.807, 2.05) is 32.0 Å². The van der Waals surface area contributed by atoms with Gasteiger partial charge >= 0.3 is 0 Å². The van der Waals surface area contributed by atoms with Crippen LogP contribution in [0.25, 0.3) is 0 Å². The van der Waals surface area contributed by atoms with Crippen molar-refractivity contribution >= 4 is 40.7 Å². The number of benzene rings is 2. The number of nitrogens with one attached hydrogen (secondary N) is 1. The Morgan fingerprint density at radius 2 is 1.76 bits per heavy atom. The maximum atomic E-state index is 12.3. The molecule has 0 saturated carbocycles. The normalized spacial score (nSPS) is 10.4. The molecule has 0 saturated heterocycles. The standard InChI is InChI=1S/C19H20Cl2N2O2/c1-12-4-5-13(2)17(8-12)22-18(24)11-23(3)19(25)10-14-6-7-15(20)16(21)9-14/h4-9H,10-11H2,1-3H3,(H,22,24). The van der Waals surface area contributed by atoms with Crippen molar-refractivity contribution in [3.63, 3.8) is 0 Å². The van der Waals surface area contributed by atoms with Crippen molar-refractivity contribution in [2.24, 2.45) is 0 Å². The predicted octanol–water partition coefficient (Wildman–Crippen LogP) is 4.25. The molecule has 0 bridgehead atoms. The molecule has 0 aromatic heterocycles. The van der Waals surface area contributed by atoms with Gasteiger partial charge in [0.15, 0.2) is 0 Å². The maximum Gasteiger partial charge on any atom is 0.243 e. The van der Waals surface area contributed by atoms with Gasteiger partial charge < -0.3 is 10.2 Å². The van der Waals surface area contributed by atoms with Gasteiger partial charge in [0.25, 0.3) is 0 Å². The van der Waals surface area contributed by atoms with Crippen LogP contribution in [0.3, 0.4) is 0 Å². The van der Waals surface area contributed by atoms with E-state index in [0.717, 1.165) is 22.4 Å². The Bertz CT molecular complexity index is 806. The molecule has 0 aliphatic rings. The summed E-state index contributed by atoms with van der Waals surface area (Å²) in [6.07, 6.45) is 0.157. The average Bonchev–Trinajstić information content (AvgIpc) is 2.54. The molecule has 2 rings (SSSR count). The van der Waals surface area contributed by atoms with Gasteiger partial charge in [0.05, 0.1) is 23.0 Å². The van der Waals surface area contributed by atoms with Gasteiger partial charge in [-0.25, -0.2) is 0 Å². The van der Waals surface area contributed by atoms with E-state index < -0.39 is 0 Å². The molecule has 2 amide bonds. The van der Waals surface area contributed by atoms with Crippen molar-refractivity contribution < 1.29 is 9.59 Å². The lowest BCUT2D eigenvalue weighted by molar-refractivity contribution is -0.132. The van der Waals surface area contributed by atoms with Crippen molar-refractivity contribution in [2.45, 2.75) is 20.3 Å². The molecule has 2 aromatic rings. The molecule has 6 heteroatoms. The van der Waals surface area contributed by atoms with Gasteiger partial charge in [-0.1, -0.05) is 41.4 Å². The molecule has 1 N–H and O–H groups in total. The molecule has 0 aliphatic heterocycles. The first kappa shape index (κ1) is 19.3. The summed E-state index contributed by atoms with van der Waals surface area (Å²) in [4.78, 5) is 25.9. The minimum atomic E-state index is -0.237. The quantitative estimate of drug-likeness (QED) is 0.845. The molecular weight excluding hydrogens is 359 g/mol. The zero-order chi connectivity index (χ0) is 18.6. The summed E-state index contributed by atoms with van der Waals surface area (Å²) in [6, 6.07) is 10.9. The molecule has 0 fully saturated rings. The van der Waals surface area contributed by atoms with Crippen molar-refractivity contribution in [2.75, 3.05) is 18.9 Å². The highest BCUT2D eigenvalue weighted by molar-refractivity contribution is 6.42. The van der Waals surface area contributed by atoms with Crippen LogP contribution in [0.2, 0.25) is 10.0 Å². The SMILES string of the molecule is Cc1ccc(C)c(NC(=O)CN(C)C(=O)Cc2ccc(Cl)c(Cl)c2)c1. The number of aryl methyl sites for hydroxylation is 2. The number of carbonyl (C=O) groups excluding carboxylic acids is 2. The summed E-state index contributed by atoms with van der Waals surface area (Å²) in [5, 5.41) is 3.69. The monoisotopic (exact) mass is 378 g/mol. The molecule has 132 valence electrons. The third-order valence-electron chi connectivity index (χ3n) is 3.81. The fourth-order valence-corrected chi connectivity index (χ4v) is 2.64. The maximum absolute atomic E-state index is 12.3. The van der Waals surface area contributed by atoms with Crippen LogP contribution in [0.4, 0.5) is 5.69 Å². The predicted molar refractivity (Wildman–Crippen MR) is 102 cm³/mol. The van der Waals surface area contributed by atoms with Gasteiger partial charge in [-0.2, -0.15) is 0 Å². The van der Waals surface area contributed by atoms with Crippen LogP contribution in [0.5, 0.6) is 0 Å². The van der Waals surface area contributed by atoms with Crippen LogP contribution in [-0.2, 0) is 16.0 Å². The Hall–Kier alpha value is -2.04. The summed E-state index contributed by atoms with van der Waals surface area (Å²) in [6.45, 7) is 3.86. The third kappa shape index (κ3) is 5.48. The van der Waals surface area contributed by atoms with E-state index >= 15 is 0 Å². The van der Waals surface area contributed by atoms with Gasteiger partial charge in [-0.3, -0.25) is 9.59 Å². The largest absolute Gasteiger partial charge is 0.336 e. The topological polar surface area (TPSA) is 49.4 Å². The number of nitrogens with zero attached hydrogens (tertiary/aromatic N) is 1. The smallest absolute Gasteiger partial charge is 0.243 e. The van der Waals surface area contributed by atoms with Crippen LogP contribution in [0.15, 0.2) is 36.4 Å². The Morgan fingerprint density at radius 1 is 1.04 bits per heavy atom. The van der Waals surface area contributed by atoms with E-state index in [4.69, 9.17) is 23.2 Å². The van der Waals surface area contributed by atoms with Gasteiger partial charge in [0.2, 0.25) is 11.8 Å².